The summed E-state index contributed by atoms with van der Waals surface area (Å²) in [5, 5.41) is 10.5. The maximum atomic E-state index is 13.1. The van der Waals surface area contributed by atoms with E-state index in [2.05, 4.69) is 20.5 Å². The summed E-state index contributed by atoms with van der Waals surface area (Å²) in [6, 6.07) is 6.01. The second-order valence-electron chi connectivity index (χ2n) is 6.41. The van der Waals surface area contributed by atoms with Crippen LogP contribution >= 0.6 is 23.6 Å². The van der Waals surface area contributed by atoms with Crippen molar-refractivity contribution in [1.29, 1.82) is 0 Å². The van der Waals surface area contributed by atoms with Gasteiger partial charge in [-0.3, -0.25) is 14.5 Å². The Kier molecular flexibility index (Phi) is 5.13. The van der Waals surface area contributed by atoms with E-state index in [4.69, 9.17) is 12.2 Å². The normalized spacial score (nSPS) is 13.4. The van der Waals surface area contributed by atoms with Gasteiger partial charge in [0.15, 0.2) is 15.7 Å². The summed E-state index contributed by atoms with van der Waals surface area (Å²) in [6.45, 7) is 0.374. The van der Waals surface area contributed by atoms with Gasteiger partial charge in [-0.2, -0.15) is 5.10 Å². The van der Waals surface area contributed by atoms with Crippen LogP contribution in [0.5, 0.6) is 0 Å². The monoisotopic (exact) mass is 403 g/mol. The Hall–Kier alpha value is -2.39. The second kappa shape index (κ2) is 7.69. The van der Waals surface area contributed by atoms with Crippen LogP contribution in [0.25, 0.3) is 11.4 Å². The molecule has 27 heavy (non-hydrogen) atoms. The second-order valence-corrected chi connectivity index (χ2v) is 7.88. The minimum Gasteiger partial charge on any atom is -0.302 e. The molecule has 1 amide bonds. The molecule has 4 rings (SSSR count). The molecule has 6 nitrogen and oxygen atoms in total. The first kappa shape index (κ1) is 18.0. The number of fused-ring (bicyclic) bond motifs is 1. The first-order valence-corrected chi connectivity index (χ1v) is 10.0. The zero-order valence-electron chi connectivity index (χ0n) is 14.5. The quantitative estimate of drug-likeness (QED) is 0.629. The fourth-order valence-electron chi connectivity index (χ4n) is 3.15. The van der Waals surface area contributed by atoms with E-state index in [0.29, 0.717) is 22.3 Å². The molecule has 0 radical (unpaired) electrons. The van der Waals surface area contributed by atoms with Gasteiger partial charge in [-0.05, 0) is 62.2 Å². The highest BCUT2D eigenvalue weighted by Gasteiger charge is 2.17. The standard InChI is InChI=1S/C18H18FN5OS2/c19-12-7-5-11(6-8-12)16-22-23-18(26)24(16)10-9-15(25)21-17-20-13-3-1-2-4-14(13)27-17/h5-8H,1-4,9-10H2,(H,23,26)(H,20,21,25). The molecule has 0 saturated heterocycles. The number of amides is 1. The lowest BCUT2D eigenvalue weighted by molar-refractivity contribution is -0.116. The average Bonchev–Trinajstić information content (AvgIpc) is 3.23. The zero-order valence-corrected chi connectivity index (χ0v) is 16.1. The van der Waals surface area contributed by atoms with E-state index >= 15 is 0 Å². The van der Waals surface area contributed by atoms with E-state index in [1.165, 1.54) is 23.4 Å². The summed E-state index contributed by atoms with van der Waals surface area (Å²) < 4.78 is 15.3. The van der Waals surface area contributed by atoms with Gasteiger partial charge < -0.3 is 5.32 Å². The minimum atomic E-state index is -0.315. The molecule has 2 heterocycles. The predicted molar refractivity (Wildman–Crippen MR) is 105 cm³/mol. The molecule has 140 valence electrons. The van der Waals surface area contributed by atoms with E-state index in [1.54, 1.807) is 28.0 Å². The number of H-pyrrole nitrogens is 1. The number of hydrogen-bond donors (Lipinski definition) is 2. The van der Waals surface area contributed by atoms with Crippen molar-refractivity contribution in [3.05, 3.63) is 45.4 Å². The topological polar surface area (TPSA) is 75.6 Å². The lowest BCUT2D eigenvalue weighted by Crippen LogP contribution is -2.15. The van der Waals surface area contributed by atoms with Crippen LogP contribution < -0.4 is 5.32 Å². The number of nitrogens with one attached hydrogen (secondary N) is 2. The Balaban J connectivity index is 1.43. The number of carbonyl (C=O) groups excluding carboxylic acids is 1. The molecule has 1 aliphatic rings. The van der Waals surface area contributed by atoms with Gasteiger partial charge in [0.2, 0.25) is 5.91 Å². The van der Waals surface area contributed by atoms with Crippen LogP contribution in [-0.4, -0.2) is 25.7 Å². The summed E-state index contributed by atoms with van der Waals surface area (Å²) in [4.78, 5) is 18.2. The highest BCUT2D eigenvalue weighted by atomic mass is 32.1. The third kappa shape index (κ3) is 3.98. The molecule has 0 atom stereocenters. The number of nitrogens with zero attached hydrogens (tertiary/aromatic N) is 3. The SMILES string of the molecule is O=C(CCn1c(-c2ccc(F)cc2)n[nH]c1=S)Nc1nc2c(s1)CCCC2. The number of hydrogen-bond acceptors (Lipinski definition) is 5. The van der Waals surface area contributed by atoms with Crippen molar-refractivity contribution in [2.75, 3.05) is 5.32 Å². The van der Waals surface area contributed by atoms with Gasteiger partial charge in [0.05, 0.1) is 5.69 Å². The van der Waals surface area contributed by atoms with Crippen LogP contribution in [0.2, 0.25) is 0 Å². The van der Waals surface area contributed by atoms with Gasteiger partial charge in [-0.1, -0.05) is 0 Å². The lowest BCUT2D eigenvalue weighted by Gasteiger charge is -2.07. The Bertz CT molecular complexity index is 998. The van der Waals surface area contributed by atoms with Crippen LogP contribution in [0.15, 0.2) is 24.3 Å². The highest BCUT2D eigenvalue weighted by Crippen LogP contribution is 2.29. The summed E-state index contributed by atoms with van der Waals surface area (Å²) in [6.07, 6.45) is 4.63. The van der Waals surface area contributed by atoms with Crippen molar-refractivity contribution in [1.82, 2.24) is 19.7 Å². The van der Waals surface area contributed by atoms with Gasteiger partial charge in [-0.25, -0.2) is 9.37 Å². The molecule has 0 spiro atoms. The summed E-state index contributed by atoms with van der Waals surface area (Å²) in [7, 11) is 0. The predicted octanol–water partition coefficient (Wildman–Crippen LogP) is 4.11. The molecule has 2 aromatic heterocycles. The number of thiazole rings is 1. The van der Waals surface area contributed by atoms with Gasteiger partial charge in [0, 0.05) is 23.4 Å². The minimum absolute atomic E-state index is 0.116. The van der Waals surface area contributed by atoms with Crippen LogP contribution in [0.1, 0.15) is 29.8 Å². The molecule has 0 saturated carbocycles. The molecule has 0 bridgehead atoms. The van der Waals surface area contributed by atoms with Gasteiger partial charge >= 0.3 is 0 Å². The van der Waals surface area contributed by atoms with Crippen molar-refractivity contribution in [3.8, 4) is 11.4 Å². The molecule has 0 aliphatic heterocycles. The highest BCUT2D eigenvalue weighted by molar-refractivity contribution is 7.71. The Morgan fingerprint density at radius 2 is 2.07 bits per heavy atom. The van der Waals surface area contributed by atoms with Gasteiger partial charge in [0.25, 0.3) is 0 Å². The average molecular weight is 404 g/mol. The molecular weight excluding hydrogens is 385 g/mol. The van der Waals surface area contributed by atoms with Crippen molar-refractivity contribution in [3.63, 3.8) is 0 Å². The van der Waals surface area contributed by atoms with E-state index in [1.807, 2.05) is 0 Å². The smallest absolute Gasteiger partial charge is 0.227 e. The zero-order chi connectivity index (χ0) is 18.8. The number of aromatic amines is 1. The maximum Gasteiger partial charge on any atom is 0.227 e. The molecule has 1 aliphatic carbocycles. The first-order valence-electron chi connectivity index (χ1n) is 8.80. The Morgan fingerprint density at radius 1 is 1.30 bits per heavy atom. The van der Waals surface area contributed by atoms with Crippen LogP contribution in [0.3, 0.4) is 0 Å². The van der Waals surface area contributed by atoms with Crippen LogP contribution in [-0.2, 0) is 24.2 Å². The number of rotatable bonds is 5. The number of aryl methyl sites for hydroxylation is 2. The Morgan fingerprint density at radius 3 is 2.85 bits per heavy atom. The summed E-state index contributed by atoms with van der Waals surface area (Å²) in [5.41, 5.74) is 1.86. The van der Waals surface area contributed by atoms with Gasteiger partial charge in [0.1, 0.15) is 5.82 Å². The third-order valence-electron chi connectivity index (χ3n) is 4.52. The van der Waals surface area contributed by atoms with E-state index in [-0.39, 0.29) is 18.1 Å². The number of carbonyl (C=O) groups is 1. The molecule has 9 heteroatoms. The van der Waals surface area contributed by atoms with E-state index in [0.717, 1.165) is 30.5 Å². The largest absolute Gasteiger partial charge is 0.302 e. The fourth-order valence-corrected chi connectivity index (χ4v) is 4.43. The first-order chi connectivity index (χ1) is 13.1. The summed E-state index contributed by atoms with van der Waals surface area (Å²) >= 11 is 6.83. The van der Waals surface area contributed by atoms with Crippen LogP contribution in [0.4, 0.5) is 9.52 Å². The van der Waals surface area contributed by atoms with Crippen LogP contribution in [0, 0.1) is 10.6 Å². The third-order valence-corrected chi connectivity index (χ3v) is 5.90. The number of aromatic nitrogens is 4. The molecule has 1 aromatic carbocycles. The lowest BCUT2D eigenvalue weighted by atomic mass is 10.0. The Labute approximate surface area is 164 Å². The molecule has 3 aromatic rings. The molecule has 2 N–H and O–H groups in total. The number of anilines is 1. The van der Waals surface area contributed by atoms with E-state index < -0.39 is 0 Å². The van der Waals surface area contributed by atoms with Crippen molar-refractivity contribution >= 4 is 34.6 Å². The van der Waals surface area contributed by atoms with E-state index in [9.17, 15) is 9.18 Å². The van der Waals surface area contributed by atoms with Crippen molar-refractivity contribution in [2.45, 2.75) is 38.6 Å². The number of halogens is 1. The number of benzene rings is 1. The molecule has 0 fully saturated rings. The van der Waals surface area contributed by atoms with Gasteiger partial charge in [-0.15, -0.1) is 11.3 Å². The summed E-state index contributed by atoms with van der Waals surface area (Å²) in [5.74, 6) is 0.150. The fraction of sp³-hybridized carbons (Fsp3) is 0.333. The molecular formula is C18H18FN5OS2. The molecule has 0 unspecified atom stereocenters. The maximum absolute atomic E-state index is 13.1. The van der Waals surface area contributed by atoms with Crippen molar-refractivity contribution in [2.24, 2.45) is 0 Å². The van der Waals surface area contributed by atoms with Crippen molar-refractivity contribution < 1.29 is 9.18 Å².